The monoisotopic (exact) mass is 410 g/mol. The molecule has 0 atom stereocenters. The van der Waals surface area contributed by atoms with Gasteiger partial charge in [0.15, 0.2) is 18.1 Å². The van der Waals surface area contributed by atoms with Crippen LogP contribution < -0.4 is 14.4 Å². The molecule has 0 unspecified atom stereocenters. The molecule has 158 valence electrons. The molecular formula is C23H26N2O5. The molecule has 7 nitrogen and oxygen atoms in total. The van der Waals surface area contributed by atoms with Crippen LogP contribution in [0.4, 0.5) is 5.69 Å². The molecule has 0 aliphatic carbocycles. The first-order valence-electron chi connectivity index (χ1n) is 9.66. The Morgan fingerprint density at radius 3 is 2.47 bits per heavy atom. The first-order chi connectivity index (χ1) is 14.5. The van der Waals surface area contributed by atoms with E-state index in [2.05, 4.69) is 0 Å². The number of carbonyl (C=O) groups is 2. The van der Waals surface area contributed by atoms with Gasteiger partial charge in [-0.05, 0) is 36.2 Å². The average molecular weight is 410 g/mol. The summed E-state index contributed by atoms with van der Waals surface area (Å²) in [6.07, 6.45) is 0.170. The number of methoxy groups -OCH3 is 1. The van der Waals surface area contributed by atoms with E-state index in [1.165, 1.54) is 18.1 Å². The third-order valence-electron chi connectivity index (χ3n) is 4.11. The van der Waals surface area contributed by atoms with Gasteiger partial charge in [-0.15, -0.1) is 0 Å². The Bertz CT molecular complexity index is 890. The van der Waals surface area contributed by atoms with Crippen molar-refractivity contribution in [3.05, 3.63) is 54.1 Å². The van der Waals surface area contributed by atoms with Crippen molar-refractivity contribution >= 4 is 17.6 Å². The van der Waals surface area contributed by atoms with E-state index >= 15 is 0 Å². The Hall–Kier alpha value is -3.53. The fourth-order valence-electron chi connectivity index (χ4n) is 2.63. The fraction of sp³-hybridized carbons (Fsp3) is 0.348. The standard InChI is InChI=1S/C23H26N2O5/c1-17(2)15-29-20-11-10-18(14-21(20)28-3)23(27)30-16-22(26)25(13-7-12-24)19-8-5-4-6-9-19/h4-6,8-11,14,17H,7,13,15-16H2,1-3H3. The summed E-state index contributed by atoms with van der Waals surface area (Å²) in [7, 11) is 1.49. The van der Waals surface area contributed by atoms with Gasteiger partial charge in [-0.2, -0.15) is 5.26 Å². The van der Waals surface area contributed by atoms with Crippen molar-refractivity contribution in [1.82, 2.24) is 0 Å². The molecule has 0 fully saturated rings. The van der Waals surface area contributed by atoms with Crippen LogP contribution in [0, 0.1) is 17.2 Å². The second-order valence-electron chi connectivity index (χ2n) is 6.94. The molecule has 2 aromatic carbocycles. The van der Waals surface area contributed by atoms with E-state index in [4.69, 9.17) is 19.5 Å². The number of rotatable bonds is 10. The molecule has 0 aromatic heterocycles. The zero-order chi connectivity index (χ0) is 21.9. The number of ether oxygens (including phenoxy) is 3. The maximum Gasteiger partial charge on any atom is 0.338 e. The number of hydrogen-bond acceptors (Lipinski definition) is 6. The molecule has 0 radical (unpaired) electrons. The normalized spacial score (nSPS) is 10.2. The molecule has 0 saturated carbocycles. The third-order valence-corrected chi connectivity index (χ3v) is 4.11. The highest BCUT2D eigenvalue weighted by Crippen LogP contribution is 2.28. The molecule has 0 bridgehead atoms. The predicted molar refractivity (Wildman–Crippen MR) is 113 cm³/mol. The second kappa shape index (κ2) is 11.5. The molecule has 7 heteroatoms. The molecule has 1 amide bonds. The summed E-state index contributed by atoms with van der Waals surface area (Å²) in [5.74, 6) is 0.236. The van der Waals surface area contributed by atoms with Crippen molar-refractivity contribution in [3.63, 3.8) is 0 Å². The third kappa shape index (κ3) is 6.52. The molecule has 0 saturated heterocycles. The Morgan fingerprint density at radius 1 is 1.10 bits per heavy atom. The van der Waals surface area contributed by atoms with Crippen LogP contribution in [-0.2, 0) is 9.53 Å². The lowest BCUT2D eigenvalue weighted by Gasteiger charge is -2.21. The van der Waals surface area contributed by atoms with Gasteiger partial charge in [-0.1, -0.05) is 32.0 Å². The smallest absolute Gasteiger partial charge is 0.338 e. The molecule has 0 spiro atoms. The zero-order valence-electron chi connectivity index (χ0n) is 17.5. The number of esters is 1. The molecule has 2 rings (SSSR count). The lowest BCUT2D eigenvalue weighted by molar-refractivity contribution is -0.121. The van der Waals surface area contributed by atoms with Gasteiger partial charge in [-0.3, -0.25) is 4.79 Å². The first kappa shape index (κ1) is 22.8. The molecule has 2 aromatic rings. The minimum Gasteiger partial charge on any atom is -0.493 e. The maximum atomic E-state index is 12.6. The zero-order valence-corrected chi connectivity index (χ0v) is 17.5. The maximum absolute atomic E-state index is 12.6. The number of nitriles is 1. The molecule has 0 heterocycles. The summed E-state index contributed by atoms with van der Waals surface area (Å²) in [5.41, 5.74) is 0.891. The molecule has 0 aliphatic rings. The summed E-state index contributed by atoms with van der Waals surface area (Å²) in [4.78, 5) is 26.5. The highest BCUT2D eigenvalue weighted by atomic mass is 16.5. The van der Waals surface area contributed by atoms with Crippen molar-refractivity contribution < 1.29 is 23.8 Å². The minimum absolute atomic E-state index is 0.170. The quantitative estimate of drug-likeness (QED) is 0.553. The van der Waals surface area contributed by atoms with E-state index in [9.17, 15) is 9.59 Å². The van der Waals surface area contributed by atoms with Crippen molar-refractivity contribution in [1.29, 1.82) is 5.26 Å². The van der Waals surface area contributed by atoms with Crippen LogP contribution in [0.5, 0.6) is 11.5 Å². The second-order valence-corrected chi connectivity index (χ2v) is 6.94. The SMILES string of the molecule is COc1cc(C(=O)OCC(=O)N(CCC#N)c2ccccc2)ccc1OCC(C)C. The van der Waals surface area contributed by atoms with Crippen LogP contribution in [0.2, 0.25) is 0 Å². The lowest BCUT2D eigenvalue weighted by Crippen LogP contribution is -2.35. The van der Waals surface area contributed by atoms with Gasteiger partial charge < -0.3 is 19.1 Å². The largest absolute Gasteiger partial charge is 0.493 e. The summed E-state index contributed by atoms with van der Waals surface area (Å²) < 4.78 is 16.2. The molecular weight excluding hydrogens is 384 g/mol. The van der Waals surface area contributed by atoms with Crippen LogP contribution in [0.1, 0.15) is 30.6 Å². The van der Waals surface area contributed by atoms with Crippen molar-refractivity contribution in [2.75, 3.05) is 31.8 Å². The Morgan fingerprint density at radius 2 is 1.83 bits per heavy atom. The van der Waals surface area contributed by atoms with Crippen LogP contribution >= 0.6 is 0 Å². The van der Waals surface area contributed by atoms with Crippen molar-refractivity contribution in [2.45, 2.75) is 20.3 Å². The number of benzene rings is 2. The molecule has 0 aliphatic heterocycles. The summed E-state index contributed by atoms with van der Waals surface area (Å²) in [6.45, 7) is 4.36. The average Bonchev–Trinajstić information content (AvgIpc) is 2.76. The van der Waals surface area contributed by atoms with E-state index in [0.29, 0.717) is 29.7 Å². The Kier molecular flexibility index (Phi) is 8.70. The van der Waals surface area contributed by atoms with Gasteiger partial charge in [0, 0.05) is 12.2 Å². The van der Waals surface area contributed by atoms with Crippen LogP contribution in [0.25, 0.3) is 0 Å². The van der Waals surface area contributed by atoms with Gasteiger partial charge in [-0.25, -0.2) is 4.79 Å². The van der Waals surface area contributed by atoms with Crippen LogP contribution in [-0.4, -0.2) is 38.7 Å². The van der Waals surface area contributed by atoms with Gasteiger partial charge in [0.05, 0.1) is 31.8 Å². The van der Waals surface area contributed by atoms with Crippen molar-refractivity contribution in [2.24, 2.45) is 5.92 Å². The Labute approximate surface area is 176 Å². The van der Waals surface area contributed by atoms with E-state index in [-0.39, 0.29) is 18.5 Å². The van der Waals surface area contributed by atoms with Crippen LogP contribution in [0.3, 0.4) is 0 Å². The highest BCUT2D eigenvalue weighted by Gasteiger charge is 2.19. The topological polar surface area (TPSA) is 88.9 Å². The van der Waals surface area contributed by atoms with Gasteiger partial charge in [0.2, 0.25) is 0 Å². The predicted octanol–water partition coefficient (Wildman–Crippen LogP) is 3.83. The fourth-order valence-corrected chi connectivity index (χ4v) is 2.63. The minimum atomic E-state index is -0.648. The van der Waals surface area contributed by atoms with Crippen LogP contribution in [0.15, 0.2) is 48.5 Å². The first-order valence-corrected chi connectivity index (χ1v) is 9.66. The van der Waals surface area contributed by atoms with Gasteiger partial charge >= 0.3 is 5.97 Å². The lowest BCUT2D eigenvalue weighted by atomic mass is 10.2. The molecule has 30 heavy (non-hydrogen) atoms. The van der Waals surface area contributed by atoms with E-state index in [1.54, 1.807) is 36.4 Å². The number of carbonyl (C=O) groups excluding carboxylic acids is 2. The Balaban J connectivity index is 2.04. The van der Waals surface area contributed by atoms with E-state index < -0.39 is 18.5 Å². The van der Waals surface area contributed by atoms with E-state index in [0.717, 1.165) is 0 Å². The summed E-state index contributed by atoms with van der Waals surface area (Å²) in [5, 5.41) is 8.86. The number of hydrogen-bond donors (Lipinski definition) is 0. The van der Waals surface area contributed by atoms with E-state index in [1.807, 2.05) is 26.0 Å². The van der Waals surface area contributed by atoms with Crippen molar-refractivity contribution in [3.8, 4) is 17.6 Å². The number of para-hydroxylation sites is 1. The number of amides is 1. The highest BCUT2D eigenvalue weighted by molar-refractivity contribution is 5.97. The van der Waals surface area contributed by atoms with Gasteiger partial charge in [0.25, 0.3) is 5.91 Å². The summed E-state index contributed by atoms with van der Waals surface area (Å²) in [6, 6.07) is 15.7. The summed E-state index contributed by atoms with van der Waals surface area (Å²) >= 11 is 0. The van der Waals surface area contributed by atoms with Gasteiger partial charge in [0.1, 0.15) is 0 Å². The number of nitrogens with zero attached hydrogens (tertiary/aromatic N) is 2. The molecule has 0 N–H and O–H groups in total. The number of anilines is 1.